The summed E-state index contributed by atoms with van der Waals surface area (Å²) in [6, 6.07) is 9.85. The third-order valence-electron chi connectivity index (χ3n) is 4.57. The van der Waals surface area contributed by atoms with E-state index < -0.39 is 0 Å². The monoisotopic (exact) mass is 426 g/mol. The van der Waals surface area contributed by atoms with Crippen LogP contribution >= 0.6 is 11.6 Å². The number of ketones is 1. The van der Waals surface area contributed by atoms with Crippen molar-refractivity contribution in [1.29, 1.82) is 0 Å². The fraction of sp³-hybridized carbons (Fsp3) is 0.261. The van der Waals surface area contributed by atoms with E-state index in [-0.39, 0.29) is 23.0 Å². The average molecular weight is 427 g/mol. The van der Waals surface area contributed by atoms with Crippen LogP contribution in [0, 0.1) is 0 Å². The van der Waals surface area contributed by atoms with E-state index >= 15 is 0 Å². The standard InChI is InChI=1S/C23H23ClN2O4/c1-3-5-15(27)10-14-6-7-16(11-19(14)24)30-22-8-9-26-20-13-21(28)18(12-17(20)22)23(29)25-4-2/h6-9,11-13,28H,3-5,10H2,1-2H3,(H,25,29). The molecule has 0 saturated carbocycles. The molecule has 0 fully saturated rings. The summed E-state index contributed by atoms with van der Waals surface area (Å²) < 4.78 is 5.99. The molecule has 0 saturated heterocycles. The number of carbonyl (C=O) groups excluding carboxylic acids is 2. The zero-order chi connectivity index (χ0) is 21.7. The van der Waals surface area contributed by atoms with E-state index in [4.69, 9.17) is 16.3 Å². The van der Waals surface area contributed by atoms with Crippen molar-refractivity contribution in [3.8, 4) is 17.2 Å². The lowest BCUT2D eigenvalue weighted by atomic mass is 10.1. The number of hydrogen-bond acceptors (Lipinski definition) is 5. The van der Waals surface area contributed by atoms with Crippen LogP contribution < -0.4 is 10.1 Å². The summed E-state index contributed by atoms with van der Waals surface area (Å²) in [5.41, 5.74) is 1.39. The Labute approximate surface area is 179 Å². The molecule has 2 N–H and O–H groups in total. The number of nitrogens with one attached hydrogen (secondary N) is 1. The maximum absolute atomic E-state index is 12.2. The van der Waals surface area contributed by atoms with Crippen LogP contribution in [0.25, 0.3) is 10.9 Å². The van der Waals surface area contributed by atoms with Crippen LogP contribution in [-0.4, -0.2) is 28.3 Å². The molecule has 1 amide bonds. The molecular formula is C23H23ClN2O4. The number of ether oxygens (including phenoxy) is 1. The molecule has 0 aliphatic carbocycles. The number of phenolic OH excluding ortho intramolecular Hbond substituents is 1. The first kappa shape index (κ1) is 21.6. The molecule has 0 bridgehead atoms. The van der Waals surface area contributed by atoms with Gasteiger partial charge in [0.2, 0.25) is 0 Å². The zero-order valence-electron chi connectivity index (χ0n) is 16.9. The van der Waals surface area contributed by atoms with Crippen molar-refractivity contribution >= 4 is 34.2 Å². The van der Waals surface area contributed by atoms with Crippen LogP contribution in [0.5, 0.6) is 17.2 Å². The molecule has 0 unspecified atom stereocenters. The van der Waals surface area contributed by atoms with Crippen LogP contribution in [0.1, 0.15) is 42.6 Å². The number of aromatic hydroxyl groups is 1. The van der Waals surface area contributed by atoms with Gasteiger partial charge in [0, 0.05) is 42.1 Å². The SMILES string of the molecule is CCCC(=O)Cc1ccc(Oc2ccnc3cc(O)c(C(=O)NCC)cc23)cc1Cl. The van der Waals surface area contributed by atoms with Crippen LogP contribution in [-0.2, 0) is 11.2 Å². The van der Waals surface area contributed by atoms with Gasteiger partial charge in [-0.3, -0.25) is 14.6 Å². The van der Waals surface area contributed by atoms with Crippen LogP contribution in [0.4, 0.5) is 0 Å². The molecule has 0 radical (unpaired) electrons. The molecule has 0 atom stereocenters. The minimum Gasteiger partial charge on any atom is -0.507 e. The summed E-state index contributed by atoms with van der Waals surface area (Å²) in [5, 5.41) is 13.9. The molecule has 1 aromatic heterocycles. The third kappa shape index (κ3) is 4.89. The molecule has 2 aromatic carbocycles. The average Bonchev–Trinajstić information content (AvgIpc) is 2.70. The first-order chi connectivity index (χ1) is 14.4. The maximum Gasteiger partial charge on any atom is 0.255 e. The predicted molar refractivity (Wildman–Crippen MR) is 117 cm³/mol. The Morgan fingerprint density at radius 1 is 1.17 bits per heavy atom. The summed E-state index contributed by atoms with van der Waals surface area (Å²) in [6.45, 7) is 4.21. The number of pyridine rings is 1. The molecule has 0 aliphatic rings. The van der Waals surface area contributed by atoms with Crippen molar-refractivity contribution in [3.63, 3.8) is 0 Å². The number of rotatable bonds is 8. The summed E-state index contributed by atoms with van der Waals surface area (Å²) >= 11 is 6.35. The quantitative estimate of drug-likeness (QED) is 0.526. The van der Waals surface area contributed by atoms with Crippen molar-refractivity contribution < 1.29 is 19.4 Å². The number of fused-ring (bicyclic) bond motifs is 1. The van der Waals surface area contributed by atoms with E-state index in [0.29, 0.717) is 46.8 Å². The minimum absolute atomic E-state index is 0.144. The molecule has 6 nitrogen and oxygen atoms in total. The van der Waals surface area contributed by atoms with E-state index in [1.807, 2.05) is 6.92 Å². The van der Waals surface area contributed by atoms with Gasteiger partial charge in [-0.25, -0.2) is 0 Å². The number of nitrogens with zero attached hydrogens (tertiary/aromatic N) is 1. The molecule has 3 aromatic rings. The Kier molecular flexibility index (Phi) is 6.90. The highest BCUT2D eigenvalue weighted by Crippen LogP contribution is 2.34. The highest BCUT2D eigenvalue weighted by molar-refractivity contribution is 6.31. The Balaban J connectivity index is 1.92. The normalized spacial score (nSPS) is 10.8. The number of halogens is 1. The van der Waals surface area contributed by atoms with Gasteiger partial charge in [-0.1, -0.05) is 24.6 Å². The number of hydrogen-bond donors (Lipinski definition) is 2. The molecule has 1 heterocycles. The Hall–Kier alpha value is -3.12. The van der Waals surface area contributed by atoms with Gasteiger partial charge in [-0.05, 0) is 43.2 Å². The van der Waals surface area contributed by atoms with E-state index in [2.05, 4.69) is 10.3 Å². The first-order valence-corrected chi connectivity index (χ1v) is 10.2. The van der Waals surface area contributed by atoms with Crippen LogP contribution in [0.3, 0.4) is 0 Å². The second-order valence-electron chi connectivity index (χ2n) is 6.88. The Morgan fingerprint density at radius 2 is 1.97 bits per heavy atom. The van der Waals surface area contributed by atoms with Gasteiger partial charge in [0.15, 0.2) is 0 Å². The number of Topliss-reactive ketones (excluding diaryl/α,β-unsaturated/α-hetero) is 1. The summed E-state index contributed by atoms with van der Waals surface area (Å²) in [7, 11) is 0. The molecule has 0 aliphatic heterocycles. The first-order valence-electron chi connectivity index (χ1n) is 9.80. The molecule has 0 spiro atoms. The largest absolute Gasteiger partial charge is 0.507 e. The lowest BCUT2D eigenvalue weighted by molar-refractivity contribution is -0.118. The summed E-state index contributed by atoms with van der Waals surface area (Å²) in [5.74, 6) is 0.576. The fourth-order valence-corrected chi connectivity index (χ4v) is 3.36. The van der Waals surface area contributed by atoms with Gasteiger partial charge in [0.1, 0.15) is 23.0 Å². The van der Waals surface area contributed by atoms with Gasteiger partial charge in [-0.15, -0.1) is 0 Å². The third-order valence-corrected chi connectivity index (χ3v) is 4.92. The number of aromatic nitrogens is 1. The maximum atomic E-state index is 12.2. The number of phenols is 1. The number of carbonyl (C=O) groups is 2. The highest BCUT2D eigenvalue weighted by Gasteiger charge is 2.15. The lowest BCUT2D eigenvalue weighted by Crippen LogP contribution is -2.22. The van der Waals surface area contributed by atoms with Crippen molar-refractivity contribution in [2.24, 2.45) is 0 Å². The lowest BCUT2D eigenvalue weighted by Gasteiger charge is -2.12. The number of amides is 1. The van der Waals surface area contributed by atoms with Crippen LogP contribution in [0.2, 0.25) is 5.02 Å². The topological polar surface area (TPSA) is 88.5 Å². The van der Waals surface area contributed by atoms with E-state index in [1.165, 1.54) is 6.07 Å². The molecule has 156 valence electrons. The van der Waals surface area contributed by atoms with E-state index in [0.717, 1.165) is 12.0 Å². The molecule has 30 heavy (non-hydrogen) atoms. The van der Waals surface area contributed by atoms with Crippen molar-refractivity contribution in [2.45, 2.75) is 33.1 Å². The predicted octanol–water partition coefficient (Wildman–Crippen LogP) is 5.05. The smallest absolute Gasteiger partial charge is 0.255 e. The highest BCUT2D eigenvalue weighted by atomic mass is 35.5. The van der Waals surface area contributed by atoms with Gasteiger partial charge >= 0.3 is 0 Å². The van der Waals surface area contributed by atoms with Gasteiger partial charge in [0.05, 0.1) is 11.1 Å². The number of benzene rings is 2. The summed E-state index contributed by atoms with van der Waals surface area (Å²) in [6.07, 6.45) is 3.18. The van der Waals surface area contributed by atoms with Gasteiger partial charge < -0.3 is 15.2 Å². The second kappa shape index (κ2) is 9.59. The van der Waals surface area contributed by atoms with Crippen molar-refractivity contribution in [2.75, 3.05) is 6.54 Å². The molecular weight excluding hydrogens is 404 g/mol. The summed E-state index contributed by atoms with van der Waals surface area (Å²) in [4.78, 5) is 28.4. The van der Waals surface area contributed by atoms with E-state index in [9.17, 15) is 14.7 Å². The van der Waals surface area contributed by atoms with Crippen molar-refractivity contribution in [1.82, 2.24) is 10.3 Å². The Morgan fingerprint density at radius 3 is 2.67 bits per heavy atom. The van der Waals surface area contributed by atoms with Crippen molar-refractivity contribution in [3.05, 3.63) is 58.7 Å². The van der Waals surface area contributed by atoms with Gasteiger partial charge in [-0.2, -0.15) is 0 Å². The molecule has 7 heteroatoms. The second-order valence-corrected chi connectivity index (χ2v) is 7.28. The fourth-order valence-electron chi connectivity index (χ4n) is 3.12. The van der Waals surface area contributed by atoms with E-state index in [1.54, 1.807) is 43.5 Å². The minimum atomic E-state index is -0.379. The molecule has 3 rings (SSSR count). The zero-order valence-corrected chi connectivity index (χ0v) is 17.6. The Bertz CT molecular complexity index is 1100. The van der Waals surface area contributed by atoms with Gasteiger partial charge in [0.25, 0.3) is 5.91 Å². The van der Waals surface area contributed by atoms with Crippen LogP contribution in [0.15, 0.2) is 42.6 Å².